The maximum absolute atomic E-state index is 6.37. The van der Waals surface area contributed by atoms with E-state index < -0.39 is 13.7 Å². The Hall–Kier alpha value is -1.80. The first-order chi connectivity index (χ1) is 14.9. The van der Waals surface area contributed by atoms with Crippen LogP contribution in [0.5, 0.6) is 5.75 Å². The van der Waals surface area contributed by atoms with Crippen molar-refractivity contribution in [1.29, 1.82) is 0 Å². The summed E-state index contributed by atoms with van der Waals surface area (Å²) in [6.07, 6.45) is 7.66. The van der Waals surface area contributed by atoms with Gasteiger partial charge in [0.2, 0.25) is 0 Å². The lowest BCUT2D eigenvalue weighted by Gasteiger charge is -2.34. The molecule has 0 spiro atoms. The van der Waals surface area contributed by atoms with Crippen molar-refractivity contribution < 1.29 is 14.2 Å². The van der Waals surface area contributed by atoms with E-state index in [1.165, 1.54) is 18.1 Å². The minimum Gasteiger partial charge on any atom is -0.497 e. The van der Waals surface area contributed by atoms with E-state index in [0.717, 1.165) is 17.7 Å². The molecule has 0 unspecified atom stereocenters. The van der Waals surface area contributed by atoms with E-state index in [2.05, 4.69) is 64.8 Å². The summed E-state index contributed by atoms with van der Waals surface area (Å²) >= 11 is 0. The van der Waals surface area contributed by atoms with Gasteiger partial charge < -0.3 is 14.2 Å². The first kappa shape index (κ1) is 27.2. The number of ether oxygens (including phenoxy) is 3. The number of methoxy groups -OCH3 is 1. The average molecular weight is 443 g/mol. The van der Waals surface area contributed by atoms with Crippen molar-refractivity contribution >= 4 is 8.07 Å². The summed E-state index contributed by atoms with van der Waals surface area (Å²) in [5.74, 6) is 4.20. The van der Waals surface area contributed by atoms with Gasteiger partial charge in [-0.2, -0.15) is 0 Å². The zero-order valence-corrected chi connectivity index (χ0v) is 21.5. The lowest BCUT2D eigenvalue weighted by Crippen LogP contribution is -2.42. The molecule has 0 heterocycles. The highest BCUT2D eigenvalue weighted by atomic mass is 28.3. The van der Waals surface area contributed by atoms with Gasteiger partial charge in [-0.3, -0.25) is 0 Å². The predicted molar refractivity (Wildman–Crippen MR) is 135 cm³/mol. The molecule has 0 fully saturated rings. The first-order valence-electron chi connectivity index (χ1n) is 11.6. The predicted octanol–water partition coefficient (Wildman–Crippen LogP) is 6.95. The lowest BCUT2D eigenvalue weighted by molar-refractivity contribution is -0.105. The maximum atomic E-state index is 6.37. The summed E-state index contributed by atoms with van der Waals surface area (Å²) < 4.78 is 17.9. The van der Waals surface area contributed by atoms with Crippen LogP contribution in [0.1, 0.15) is 53.0 Å². The van der Waals surface area contributed by atoms with Gasteiger partial charge in [0.15, 0.2) is 0 Å². The van der Waals surface area contributed by atoms with Crippen LogP contribution in [0.2, 0.25) is 18.1 Å². The summed E-state index contributed by atoms with van der Waals surface area (Å²) in [5.41, 5.74) is 4.15. The monoisotopic (exact) mass is 442 g/mol. The zero-order chi connectivity index (χ0) is 23.2. The van der Waals surface area contributed by atoms with E-state index in [9.17, 15) is 0 Å². The van der Waals surface area contributed by atoms with Crippen LogP contribution >= 0.6 is 0 Å². The van der Waals surface area contributed by atoms with Gasteiger partial charge in [0.25, 0.3) is 0 Å². The quantitative estimate of drug-likeness (QED) is 0.177. The Morgan fingerprint density at radius 2 is 1.74 bits per heavy atom. The second kappa shape index (κ2) is 14.3. The molecule has 0 aliphatic heterocycles. The van der Waals surface area contributed by atoms with E-state index >= 15 is 0 Å². The summed E-state index contributed by atoms with van der Waals surface area (Å²) in [4.78, 5) is 0. The number of benzene rings is 1. The number of hydrogen-bond donors (Lipinski definition) is 0. The Balaban J connectivity index is 2.95. The fourth-order valence-corrected chi connectivity index (χ4v) is 6.05. The molecular formula is C27H42O3Si. The van der Waals surface area contributed by atoms with Crippen LogP contribution in [0.3, 0.4) is 0 Å². The molecule has 4 heteroatoms. The van der Waals surface area contributed by atoms with Crippen LogP contribution in [-0.4, -0.2) is 33.5 Å². The van der Waals surface area contributed by atoms with Crippen LogP contribution in [0.15, 0.2) is 49.1 Å². The Morgan fingerprint density at radius 1 is 1.10 bits per heavy atom. The molecule has 172 valence electrons. The molecule has 1 aromatic rings. The van der Waals surface area contributed by atoms with Gasteiger partial charge in [-0.15, -0.1) is 12.1 Å². The molecule has 0 aromatic heterocycles. The van der Waals surface area contributed by atoms with E-state index in [4.69, 9.17) is 14.2 Å². The van der Waals surface area contributed by atoms with Crippen molar-refractivity contribution in [2.24, 2.45) is 0 Å². The van der Waals surface area contributed by atoms with E-state index in [1.54, 1.807) is 7.11 Å². The third kappa shape index (κ3) is 8.69. The second-order valence-electron chi connectivity index (χ2n) is 8.10. The summed E-state index contributed by atoms with van der Waals surface area (Å²) in [6, 6.07) is 11.6. The van der Waals surface area contributed by atoms with Gasteiger partial charge in [0.1, 0.15) is 26.0 Å². The minimum absolute atomic E-state index is 0.151. The molecule has 31 heavy (non-hydrogen) atoms. The van der Waals surface area contributed by atoms with E-state index in [-0.39, 0.29) is 6.10 Å². The van der Waals surface area contributed by atoms with E-state index in [0.29, 0.717) is 19.6 Å². The van der Waals surface area contributed by atoms with E-state index in [1.807, 2.05) is 30.3 Å². The Labute approximate surface area is 191 Å². The normalized spacial score (nSPS) is 14.5. The Morgan fingerprint density at radius 3 is 2.26 bits per heavy atom. The highest BCUT2D eigenvalue weighted by molar-refractivity contribution is 6.87. The van der Waals surface area contributed by atoms with Crippen LogP contribution in [0.25, 0.3) is 0 Å². The number of allylic oxidation sites excluding steroid dienone is 1. The molecule has 0 saturated carbocycles. The number of hydrogen-bond acceptors (Lipinski definition) is 3. The Kier molecular flexibility index (Phi) is 12.6. The van der Waals surface area contributed by atoms with Crippen LogP contribution < -0.4 is 4.74 Å². The fourth-order valence-electron chi connectivity index (χ4n) is 3.57. The fraction of sp³-hybridized carbons (Fsp3) is 0.556. The standard InChI is InChI=1S/C27H42O3Si/c1-8-13-20-27(6,30-21-14-22-31(10-3,11-4)12-5)26(15-9-2)29-23-24-16-18-25(28-7)19-17-24/h9,13,16-20,26H,2,8,10-12,15,21,23H2,1,3-7H3/b20-13-/t26-,27+/m0/s1. The van der Waals surface area contributed by atoms with Gasteiger partial charge in [-0.25, -0.2) is 0 Å². The minimum atomic E-state index is -1.47. The highest BCUT2D eigenvalue weighted by Crippen LogP contribution is 2.26. The molecule has 0 radical (unpaired) electrons. The third-order valence-corrected chi connectivity index (χ3v) is 10.9. The van der Waals surface area contributed by atoms with Crippen molar-refractivity contribution in [3.63, 3.8) is 0 Å². The van der Waals surface area contributed by atoms with Crippen molar-refractivity contribution in [2.45, 2.75) is 83.9 Å². The van der Waals surface area contributed by atoms with Crippen LogP contribution in [-0.2, 0) is 16.1 Å². The third-order valence-electron chi connectivity index (χ3n) is 6.15. The molecule has 0 saturated heterocycles. The summed E-state index contributed by atoms with van der Waals surface area (Å²) in [6.45, 7) is 15.9. The van der Waals surface area contributed by atoms with Crippen molar-refractivity contribution in [2.75, 3.05) is 13.7 Å². The van der Waals surface area contributed by atoms with Crippen molar-refractivity contribution in [1.82, 2.24) is 0 Å². The average Bonchev–Trinajstić information content (AvgIpc) is 2.81. The van der Waals surface area contributed by atoms with Gasteiger partial charge in [0, 0.05) is 0 Å². The molecule has 0 N–H and O–H groups in total. The molecule has 0 aliphatic rings. The van der Waals surface area contributed by atoms with Gasteiger partial charge >= 0.3 is 0 Å². The van der Waals surface area contributed by atoms with Gasteiger partial charge in [-0.1, -0.05) is 64.0 Å². The maximum Gasteiger partial charge on any atom is 0.137 e. The topological polar surface area (TPSA) is 27.7 Å². The highest BCUT2D eigenvalue weighted by Gasteiger charge is 2.33. The second-order valence-corrected chi connectivity index (χ2v) is 13.0. The first-order valence-corrected chi connectivity index (χ1v) is 14.2. The summed E-state index contributed by atoms with van der Waals surface area (Å²) in [7, 11) is 0.207. The molecule has 1 aromatic carbocycles. The molecule has 3 nitrogen and oxygen atoms in total. The van der Waals surface area contributed by atoms with Gasteiger partial charge in [-0.05, 0) is 55.6 Å². The smallest absolute Gasteiger partial charge is 0.137 e. The molecule has 1 rings (SSSR count). The SMILES string of the molecule is C=CC[C@H](OCc1ccc(OC)cc1)[C@@](C)(/C=C\CC)OCC#C[Si](CC)(CC)CC. The molecule has 0 aliphatic carbocycles. The van der Waals surface area contributed by atoms with Crippen LogP contribution in [0.4, 0.5) is 0 Å². The molecule has 2 atom stereocenters. The Bertz CT molecular complexity index is 717. The molecular weight excluding hydrogens is 400 g/mol. The zero-order valence-electron chi connectivity index (χ0n) is 20.5. The van der Waals surface area contributed by atoms with Crippen LogP contribution in [0, 0.1) is 11.5 Å². The largest absolute Gasteiger partial charge is 0.497 e. The molecule has 0 amide bonds. The van der Waals surface area contributed by atoms with Crippen molar-refractivity contribution in [3.8, 4) is 17.2 Å². The van der Waals surface area contributed by atoms with Crippen molar-refractivity contribution in [3.05, 3.63) is 54.6 Å². The lowest BCUT2D eigenvalue weighted by atomic mass is 9.94. The van der Waals surface area contributed by atoms with Gasteiger partial charge in [0.05, 0.1) is 19.8 Å². The number of rotatable bonds is 14. The molecule has 0 bridgehead atoms. The summed E-state index contributed by atoms with van der Waals surface area (Å²) in [5, 5.41) is 0.